The van der Waals surface area contributed by atoms with Crippen LogP contribution in [0.1, 0.15) is 32.1 Å². The normalized spacial score (nSPS) is 26.1. The van der Waals surface area contributed by atoms with E-state index >= 15 is 0 Å². The number of anilines is 1. The maximum absolute atomic E-state index is 12.3. The summed E-state index contributed by atoms with van der Waals surface area (Å²) in [6.45, 7) is 0. The van der Waals surface area contributed by atoms with Crippen LogP contribution in [0.4, 0.5) is 5.69 Å². The van der Waals surface area contributed by atoms with E-state index in [1.165, 1.54) is 37.4 Å². The Morgan fingerprint density at radius 1 is 1.23 bits per heavy atom. The smallest absolute Gasteiger partial charge is 0.227 e. The zero-order valence-corrected chi connectivity index (χ0v) is 13.4. The van der Waals surface area contributed by atoms with E-state index in [-0.39, 0.29) is 17.6 Å². The summed E-state index contributed by atoms with van der Waals surface area (Å²) in [6, 6.07) is 7.57. The van der Waals surface area contributed by atoms with Crippen LogP contribution in [0.25, 0.3) is 0 Å². The van der Waals surface area contributed by atoms with E-state index < -0.39 is 0 Å². The molecule has 3 rings (SSSR count). The first-order valence-corrected chi connectivity index (χ1v) is 8.90. The molecular formula is C17H22N2O2S. The van der Waals surface area contributed by atoms with Gasteiger partial charge in [-0.2, -0.15) is 0 Å². The minimum absolute atomic E-state index is 0.0877. The van der Waals surface area contributed by atoms with Gasteiger partial charge in [-0.25, -0.2) is 0 Å². The Labute approximate surface area is 135 Å². The summed E-state index contributed by atoms with van der Waals surface area (Å²) >= 11 is 1.36. The van der Waals surface area contributed by atoms with Crippen molar-refractivity contribution in [2.45, 2.75) is 37.0 Å². The summed E-state index contributed by atoms with van der Waals surface area (Å²) in [6.07, 6.45) is 5.82. The molecule has 3 unspecified atom stereocenters. The van der Waals surface area contributed by atoms with Crippen molar-refractivity contribution in [2.75, 3.05) is 11.1 Å². The van der Waals surface area contributed by atoms with Gasteiger partial charge in [0, 0.05) is 11.3 Å². The first-order valence-electron chi connectivity index (χ1n) is 7.92. The number of amides is 2. The van der Waals surface area contributed by atoms with Gasteiger partial charge in [0.1, 0.15) is 0 Å². The number of nitrogens with two attached hydrogens (primary N) is 1. The lowest BCUT2D eigenvalue weighted by molar-refractivity contribution is -0.117. The lowest BCUT2D eigenvalue weighted by Crippen LogP contribution is -2.20. The van der Waals surface area contributed by atoms with Gasteiger partial charge in [0.25, 0.3) is 0 Å². The van der Waals surface area contributed by atoms with Crippen molar-refractivity contribution < 1.29 is 9.59 Å². The number of nitrogens with one attached hydrogen (secondary N) is 1. The van der Waals surface area contributed by atoms with Crippen LogP contribution < -0.4 is 11.1 Å². The van der Waals surface area contributed by atoms with Crippen LogP contribution in [-0.4, -0.2) is 17.6 Å². The molecule has 2 aliphatic rings. The van der Waals surface area contributed by atoms with Gasteiger partial charge >= 0.3 is 0 Å². The van der Waals surface area contributed by atoms with Gasteiger partial charge in [-0.1, -0.05) is 18.6 Å². The Balaban J connectivity index is 1.58. The Morgan fingerprint density at radius 3 is 2.73 bits per heavy atom. The van der Waals surface area contributed by atoms with E-state index in [0.29, 0.717) is 12.3 Å². The molecule has 0 aliphatic heterocycles. The molecule has 2 amide bonds. The number of para-hydroxylation sites is 1. The highest BCUT2D eigenvalue weighted by molar-refractivity contribution is 8.00. The molecule has 1 aromatic rings. The van der Waals surface area contributed by atoms with E-state index in [1.807, 2.05) is 24.3 Å². The largest absolute Gasteiger partial charge is 0.369 e. The molecule has 2 saturated carbocycles. The molecule has 0 radical (unpaired) electrons. The summed E-state index contributed by atoms with van der Waals surface area (Å²) in [4.78, 5) is 24.1. The third kappa shape index (κ3) is 3.64. The van der Waals surface area contributed by atoms with E-state index in [9.17, 15) is 9.59 Å². The number of hydrogen-bond acceptors (Lipinski definition) is 3. The predicted molar refractivity (Wildman–Crippen MR) is 88.5 cm³/mol. The fourth-order valence-corrected chi connectivity index (χ4v) is 4.66. The molecule has 0 heterocycles. The van der Waals surface area contributed by atoms with Crippen LogP contribution in [0.15, 0.2) is 29.2 Å². The molecule has 0 saturated heterocycles. The summed E-state index contributed by atoms with van der Waals surface area (Å²) in [5, 5.41) is 3.01. The lowest BCUT2D eigenvalue weighted by atomic mass is 9.86. The molecule has 1 aromatic carbocycles. The van der Waals surface area contributed by atoms with Gasteiger partial charge in [-0.05, 0) is 49.1 Å². The molecule has 3 atom stereocenters. The minimum Gasteiger partial charge on any atom is -0.369 e. The fraction of sp³-hybridized carbons (Fsp3) is 0.529. The first-order chi connectivity index (χ1) is 10.6. The molecule has 2 bridgehead atoms. The average molecular weight is 318 g/mol. The maximum atomic E-state index is 12.3. The van der Waals surface area contributed by atoms with Crippen molar-refractivity contribution in [3.8, 4) is 0 Å². The number of thioether (sulfide) groups is 1. The molecule has 0 spiro atoms. The first kappa shape index (κ1) is 15.4. The Kier molecular flexibility index (Phi) is 4.71. The molecule has 4 nitrogen and oxygen atoms in total. The number of carbonyl (C=O) groups is 2. The predicted octanol–water partition coefficient (Wildman–Crippen LogP) is 3.03. The summed E-state index contributed by atoms with van der Waals surface area (Å²) in [5.74, 6) is 2.14. The zero-order chi connectivity index (χ0) is 15.5. The van der Waals surface area contributed by atoms with Gasteiger partial charge in [0.15, 0.2) is 0 Å². The SMILES string of the molecule is NC(=O)CSc1ccccc1NC(=O)CC1CC2CCC1C2. The lowest BCUT2D eigenvalue weighted by Gasteiger charge is -2.21. The van der Waals surface area contributed by atoms with Crippen LogP contribution in [0.3, 0.4) is 0 Å². The molecule has 3 N–H and O–H groups in total. The second-order valence-corrected chi connectivity index (χ2v) is 7.46. The van der Waals surface area contributed by atoms with Crippen LogP contribution in [-0.2, 0) is 9.59 Å². The van der Waals surface area contributed by atoms with Crippen LogP contribution in [0.5, 0.6) is 0 Å². The van der Waals surface area contributed by atoms with Crippen LogP contribution in [0.2, 0.25) is 0 Å². The third-order valence-electron chi connectivity index (χ3n) is 4.86. The van der Waals surface area contributed by atoms with Crippen molar-refractivity contribution in [1.82, 2.24) is 0 Å². The highest BCUT2D eigenvalue weighted by Gasteiger charge is 2.40. The number of hydrogen-bond donors (Lipinski definition) is 2. The quantitative estimate of drug-likeness (QED) is 0.792. The number of fused-ring (bicyclic) bond motifs is 2. The second-order valence-electron chi connectivity index (χ2n) is 6.44. The van der Waals surface area contributed by atoms with Gasteiger partial charge in [-0.15, -0.1) is 11.8 Å². The van der Waals surface area contributed by atoms with Gasteiger partial charge in [-0.3, -0.25) is 9.59 Å². The van der Waals surface area contributed by atoms with Crippen LogP contribution >= 0.6 is 11.8 Å². The maximum Gasteiger partial charge on any atom is 0.227 e. The molecule has 118 valence electrons. The highest BCUT2D eigenvalue weighted by atomic mass is 32.2. The van der Waals surface area contributed by atoms with Gasteiger partial charge in [0.05, 0.1) is 11.4 Å². The Hall–Kier alpha value is -1.49. The van der Waals surface area contributed by atoms with Crippen molar-refractivity contribution in [2.24, 2.45) is 23.5 Å². The third-order valence-corrected chi connectivity index (χ3v) is 5.96. The summed E-state index contributed by atoms with van der Waals surface area (Å²) in [7, 11) is 0. The van der Waals surface area contributed by atoms with Gasteiger partial charge < -0.3 is 11.1 Å². The Morgan fingerprint density at radius 2 is 2.05 bits per heavy atom. The molecule has 22 heavy (non-hydrogen) atoms. The highest BCUT2D eigenvalue weighted by Crippen LogP contribution is 2.49. The van der Waals surface area contributed by atoms with Crippen molar-refractivity contribution in [3.63, 3.8) is 0 Å². The van der Waals surface area contributed by atoms with E-state index in [2.05, 4.69) is 5.32 Å². The number of benzene rings is 1. The van der Waals surface area contributed by atoms with E-state index in [0.717, 1.165) is 22.4 Å². The summed E-state index contributed by atoms with van der Waals surface area (Å²) < 4.78 is 0. The van der Waals surface area contributed by atoms with Crippen molar-refractivity contribution >= 4 is 29.3 Å². The summed E-state index contributed by atoms with van der Waals surface area (Å²) in [5.41, 5.74) is 5.97. The topological polar surface area (TPSA) is 72.2 Å². The fourth-order valence-electron chi connectivity index (χ4n) is 3.91. The van der Waals surface area contributed by atoms with Crippen LogP contribution in [0, 0.1) is 17.8 Å². The zero-order valence-electron chi connectivity index (χ0n) is 12.6. The average Bonchev–Trinajstić information content (AvgIpc) is 3.08. The van der Waals surface area contributed by atoms with Gasteiger partial charge in [0.2, 0.25) is 11.8 Å². The van der Waals surface area contributed by atoms with E-state index in [1.54, 1.807) is 0 Å². The van der Waals surface area contributed by atoms with E-state index in [4.69, 9.17) is 5.73 Å². The van der Waals surface area contributed by atoms with Crippen molar-refractivity contribution in [1.29, 1.82) is 0 Å². The number of rotatable bonds is 6. The molecular weight excluding hydrogens is 296 g/mol. The molecule has 5 heteroatoms. The Bertz CT molecular complexity index is 576. The van der Waals surface area contributed by atoms with Crippen molar-refractivity contribution in [3.05, 3.63) is 24.3 Å². The standard InChI is InChI=1S/C17H22N2O2S/c18-16(20)10-22-15-4-2-1-3-14(15)19-17(21)9-13-8-11-5-6-12(13)7-11/h1-4,11-13H,5-10H2,(H2,18,20)(H,19,21). The number of carbonyl (C=O) groups excluding carboxylic acids is 2. The minimum atomic E-state index is -0.354. The second kappa shape index (κ2) is 6.73. The molecule has 2 aliphatic carbocycles. The molecule has 2 fully saturated rings. The molecule has 0 aromatic heterocycles. The monoisotopic (exact) mass is 318 g/mol. The number of primary amides is 1.